The van der Waals surface area contributed by atoms with Gasteiger partial charge < -0.3 is 19.6 Å². The fraction of sp³-hybridized carbons (Fsp3) is 0.217. The highest BCUT2D eigenvalue weighted by Crippen LogP contribution is 2.13. The van der Waals surface area contributed by atoms with Crippen LogP contribution in [0, 0.1) is 0 Å². The van der Waals surface area contributed by atoms with Gasteiger partial charge in [0, 0.05) is 11.0 Å². The summed E-state index contributed by atoms with van der Waals surface area (Å²) < 4.78 is 6.61. The molecule has 0 radical (unpaired) electrons. The molecule has 156 valence electrons. The Labute approximate surface area is 182 Å². The van der Waals surface area contributed by atoms with E-state index in [-0.39, 0.29) is 21.8 Å². The quantitative estimate of drug-likeness (QED) is 0.517. The van der Waals surface area contributed by atoms with Crippen LogP contribution in [0.4, 0.5) is 0 Å². The molecule has 0 unspecified atom stereocenters. The number of hydrogen-bond acceptors (Lipinski definition) is 4. The zero-order chi connectivity index (χ0) is 21.5. The lowest BCUT2D eigenvalue weighted by atomic mass is 10.2. The number of rotatable bonds is 7. The summed E-state index contributed by atoms with van der Waals surface area (Å²) in [6, 6.07) is 14.9. The Bertz CT molecular complexity index is 1230. The monoisotopic (exact) mass is 469 g/mol. The molecule has 0 aliphatic heterocycles. The highest BCUT2D eigenvalue weighted by atomic mass is 79.9. The van der Waals surface area contributed by atoms with E-state index in [0.29, 0.717) is 6.61 Å². The minimum Gasteiger partial charge on any atom is -0.494 e. The maximum Gasteiger partial charge on any atom is 0.272 e. The Morgan fingerprint density at radius 1 is 0.933 bits per heavy atom. The highest BCUT2D eigenvalue weighted by Gasteiger charge is 1.99. The van der Waals surface area contributed by atoms with Crippen molar-refractivity contribution >= 4 is 28.1 Å². The first kappa shape index (κ1) is 21.8. The number of aromatic nitrogens is 2. The predicted octanol–water partition coefficient (Wildman–Crippen LogP) is 1.81. The molecule has 6 nitrogen and oxygen atoms in total. The first-order chi connectivity index (χ1) is 14.4. The molecule has 0 spiro atoms. The van der Waals surface area contributed by atoms with E-state index in [4.69, 9.17) is 4.74 Å². The van der Waals surface area contributed by atoms with Crippen LogP contribution in [0.15, 0.2) is 62.6 Å². The van der Waals surface area contributed by atoms with Crippen LogP contribution in [-0.2, 0) is 0 Å². The Kier molecular flexibility index (Phi) is 7.43. The first-order valence-corrected chi connectivity index (χ1v) is 10.4. The number of halogens is 1. The molecular formula is C23H24BrN3O3. The average Bonchev–Trinajstić information content (AvgIpc) is 2.70. The normalized spacial score (nSPS) is 12.5. The van der Waals surface area contributed by atoms with Crippen molar-refractivity contribution in [1.29, 1.82) is 0 Å². The number of ether oxygens (including phenoxy) is 1. The Morgan fingerprint density at radius 2 is 1.57 bits per heavy atom. The summed E-state index contributed by atoms with van der Waals surface area (Å²) in [5, 5.41) is 0.405. The molecule has 3 aromatic rings. The lowest BCUT2D eigenvalue weighted by Gasteiger charge is -2.10. The molecule has 0 aliphatic rings. The molecule has 0 saturated carbocycles. The SMILES string of the molecule is CN(C)CCCOc1ccc(/C=c2\[nH]c(=O)/c(=C/c3cccc(Br)c3)[nH]c2=O)cc1. The van der Waals surface area contributed by atoms with Gasteiger partial charge in [0.15, 0.2) is 0 Å². The minimum atomic E-state index is -0.361. The van der Waals surface area contributed by atoms with Crippen molar-refractivity contribution < 1.29 is 4.74 Å². The Morgan fingerprint density at radius 3 is 2.17 bits per heavy atom. The van der Waals surface area contributed by atoms with Gasteiger partial charge >= 0.3 is 0 Å². The molecule has 0 atom stereocenters. The summed E-state index contributed by atoms with van der Waals surface area (Å²) in [6.07, 6.45) is 4.22. The molecule has 2 N–H and O–H groups in total. The Hall–Kier alpha value is -2.90. The third-order valence-corrected chi connectivity index (χ3v) is 4.85. The van der Waals surface area contributed by atoms with Gasteiger partial charge in [-0.3, -0.25) is 9.59 Å². The lowest BCUT2D eigenvalue weighted by molar-refractivity contribution is 0.281. The summed E-state index contributed by atoms with van der Waals surface area (Å²) in [5.74, 6) is 0.771. The largest absolute Gasteiger partial charge is 0.494 e. The third-order valence-electron chi connectivity index (χ3n) is 4.35. The van der Waals surface area contributed by atoms with Gasteiger partial charge in [-0.2, -0.15) is 0 Å². The molecule has 2 aromatic carbocycles. The van der Waals surface area contributed by atoms with Crippen molar-refractivity contribution in [3.05, 3.63) is 95.5 Å². The minimum absolute atomic E-state index is 0.200. The van der Waals surface area contributed by atoms with E-state index in [1.54, 1.807) is 12.2 Å². The first-order valence-electron chi connectivity index (χ1n) is 9.60. The number of aromatic amines is 2. The van der Waals surface area contributed by atoms with Gasteiger partial charge in [0.25, 0.3) is 11.1 Å². The molecule has 0 aliphatic carbocycles. The maximum absolute atomic E-state index is 12.4. The van der Waals surface area contributed by atoms with E-state index in [0.717, 1.165) is 34.3 Å². The standard InChI is InChI=1S/C23H24BrN3O3/c1-27(2)11-4-12-30-19-9-7-16(8-10-19)14-20-22(28)26-21(23(29)25-20)15-17-5-3-6-18(24)13-17/h3,5-10,13-15H,4,11-12H2,1-2H3,(H,25,29)(H,26,28)/b20-14-,21-15-. The molecule has 0 amide bonds. The van der Waals surface area contributed by atoms with Gasteiger partial charge in [0.2, 0.25) is 0 Å². The second-order valence-electron chi connectivity index (χ2n) is 7.15. The van der Waals surface area contributed by atoms with Gasteiger partial charge in [0.05, 0.1) is 6.61 Å². The fourth-order valence-electron chi connectivity index (χ4n) is 2.86. The number of H-pyrrole nitrogens is 2. The summed E-state index contributed by atoms with van der Waals surface area (Å²) in [6.45, 7) is 1.61. The van der Waals surface area contributed by atoms with Gasteiger partial charge in [-0.15, -0.1) is 0 Å². The summed E-state index contributed by atoms with van der Waals surface area (Å²) in [7, 11) is 4.06. The van der Waals surface area contributed by atoms with E-state index in [1.807, 2.05) is 62.6 Å². The van der Waals surface area contributed by atoms with Crippen molar-refractivity contribution in [2.75, 3.05) is 27.2 Å². The summed E-state index contributed by atoms with van der Waals surface area (Å²) in [4.78, 5) is 32.3. The predicted molar refractivity (Wildman–Crippen MR) is 123 cm³/mol. The van der Waals surface area contributed by atoms with E-state index < -0.39 is 0 Å². The van der Waals surface area contributed by atoms with Crippen LogP contribution in [0.5, 0.6) is 5.75 Å². The van der Waals surface area contributed by atoms with Crippen molar-refractivity contribution in [2.24, 2.45) is 0 Å². The van der Waals surface area contributed by atoms with Crippen LogP contribution >= 0.6 is 15.9 Å². The molecule has 0 saturated heterocycles. The lowest BCUT2D eigenvalue weighted by Crippen LogP contribution is -2.46. The van der Waals surface area contributed by atoms with Crippen LogP contribution < -0.4 is 26.6 Å². The van der Waals surface area contributed by atoms with Crippen molar-refractivity contribution in [1.82, 2.24) is 14.9 Å². The molecule has 3 rings (SSSR count). The third kappa shape index (κ3) is 6.30. The molecule has 30 heavy (non-hydrogen) atoms. The van der Waals surface area contributed by atoms with Crippen molar-refractivity contribution in [3.63, 3.8) is 0 Å². The van der Waals surface area contributed by atoms with E-state index in [1.165, 1.54) is 0 Å². The van der Waals surface area contributed by atoms with Gasteiger partial charge in [-0.1, -0.05) is 40.2 Å². The van der Waals surface area contributed by atoms with E-state index in [2.05, 4.69) is 30.8 Å². The van der Waals surface area contributed by atoms with Crippen LogP contribution in [-0.4, -0.2) is 42.1 Å². The topological polar surface area (TPSA) is 78.2 Å². The van der Waals surface area contributed by atoms with Crippen LogP contribution in [0.3, 0.4) is 0 Å². The maximum atomic E-state index is 12.4. The summed E-state index contributed by atoms with van der Waals surface area (Å²) in [5.41, 5.74) is 0.880. The number of hydrogen-bond donors (Lipinski definition) is 2. The van der Waals surface area contributed by atoms with Gasteiger partial charge in [0.1, 0.15) is 16.4 Å². The molecule has 0 fully saturated rings. The van der Waals surface area contributed by atoms with E-state index >= 15 is 0 Å². The fourth-order valence-corrected chi connectivity index (χ4v) is 3.27. The average molecular weight is 470 g/mol. The second-order valence-corrected chi connectivity index (χ2v) is 8.07. The zero-order valence-corrected chi connectivity index (χ0v) is 18.5. The number of nitrogens with one attached hydrogen (secondary N) is 2. The van der Waals surface area contributed by atoms with E-state index in [9.17, 15) is 9.59 Å². The van der Waals surface area contributed by atoms with Crippen LogP contribution in [0.25, 0.3) is 12.2 Å². The molecule has 1 heterocycles. The molecule has 7 heteroatoms. The van der Waals surface area contributed by atoms with Gasteiger partial charge in [-0.25, -0.2) is 0 Å². The van der Waals surface area contributed by atoms with Crippen molar-refractivity contribution in [3.8, 4) is 5.75 Å². The van der Waals surface area contributed by atoms with Crippen molar-refractivity contribution in [2.45, 2.75) is 6.42 Å². The molecular weight excluding hydrogens is 446 g/mol. The zero-order valence-electron chi connectivity index (χ0n) is 16.9. The molecule has 0 bridgehead atoms. The summed E-state index contributed by atoms with van der Waals surface area (Å²) >= 11 is 3.39. The number of benzene rings is 2. The Balaban J connectivity index is 1.80. The second kappa shape index (κ2) is 10.2. The van der Waals surface area contributed by atoms with Gasteiger partial charge in [-0.05, 0) is 68.1 Å². The smallest absolute Gasteiger partial charge is 0.272 e. The van der Waals surface area contributed by atoms with Crippen LogP contribution in [0.2, 0.25) is 0 Å². The highest BCUT2D eigenvalue weighted by molar-refractivity contribution is 9.10. The number of nitrogens with zero attached hydrogens (tertiary/aromatic N) is 1. The molecule has 1 aromatic heterocycles. The van der Waals surface area contributed by atoms with Crippen LogP contribution in [0.1, 0.15) is 17.5 Å².